The smallest absolute Gasteiger partial charge is 0.258 e. The van der Waals surface area contributed by atoms with E-state index in [0.29, 0.717) is 17.8 Å². The Morgan fingerprint density at radius 1 is 1.10 bits per heavy atom. The summed E-state index contributed by atoms with van der Waals surface area (Å²) in [5, 5.41) is 10.3. The normalized spacial score (nSPS) is 11.4. The summed E-state index contributed by atoms with van der Waals surface area (Å²) in [6, 6.07) is 13.2. The van der Waals surface area contributed by atoms with Gasteiger partial charge < -0.3 is 5.32 Å². The van der Waals surface area contributed by atoms with Crippen molar-refractivity contribution < 1.29 is 9.18 Å². The number of aromatic nitrogens is 2. The third-order valence-corrected chi connectivity index (χ3v) is 4.78. The third-order valence-electron chi connectivity index (χ3n) is 4.78. The highest BCUT2D eigenvalue weighted by molar-refractivity contribution is 6.10. The van der Waals surface area contributed by atoms with Crippen LogP contribution in [0.15, 0.2) is 53.5 Å². The van der Waals surface area contributed by atoms with E-state index in [1.165, 1.54) is 12.1 Å². The van der Waals surface area contributed by atoms with Crippen LogP contribution in [0.5, 0.6) is 0 Å². The average molecular weight is 393 g/mol. The van der Waals surface area contributed by atoms with E-state index in [1.807, 2.05) is 46.0 Å². The van der Waals surface area contributed by atoms with Crippen molar-refractivity contribution in [2.75, 3.05) is 5.32 Å². The van der Waals surface area contributed by atoms with E-state index in [9.17, 15) is 9.18 Å². The second-order valence-corrected chi connectivity index (χ2v) is 6.84. The molecule has 0 spiro atoms. The van der Waals surface area contributed by atoms with E-state index in [2.05, 4.69) is 20.7 Å². The first kappa shape index (κ1) is 20.3. The number of carbonyl (C=O) groups excluding carboxylic acids is 1. The lowest BCUT2D eigenvalue weighted by molar-refractivity contribution is 0.0976. The number of nitrogens with one attached hydrogen (secondary N) is 2. The van der Waals surface area contributed by atoms with E-state index in [4.69, 9.17) is 0 Å². The van der Waals surface area contributed by atoms with Gasteiger partial charge in [0.1, 0.15) is 5.82 Å². The fraction of sp³-hybridized carbons (Fsp3) is 0.227. The van der Waals surface area contributed by atoms with Crippen LogP contribution >= 0.6 is 0 Å². The van der Waals surface area contributed by atoms with Crippen molar-refractivity contribution in [2.45, 2.75) is 27.3 Å². The predicted octanol–water partition coefficient (Wildman–Crippen LogP) is 3.88. The lowest BCUT2D eigenvalue weighted by Gasteiger charge is -2.13. The fourth-order valence-corrected chi connectivity index (χ4v) is 2.99. The molecule has 6 nitrogen and oxygen atoms in total. The number of aliphatic imine (C=N–C) groups is 1. The van der Waals surface area contributed by atoms with Crippen molar-refractivity contribution in [3.05, 3.63) is 82.4 Å². The number of guanidine groups is 1. The quantitative estimate of drug-likeness (QED) is 0.522. The van der Waals surface area contributed by atoms with Crippen LogP contribution in [0.25, 0.3) is 0 Å². The van der Waals surface area contributed by atoms with Gasteiger partial charge in [-0.05, 0) is 56.7 Å². The van der Waals surface area contributed by atoms with Gasteiger partial charge in [0.15, 0.2) is 0 Å². The minimum atomic E-state index is -0.334. The Morgan fingerprint density at radius 3 is 2.41 bits per heavy atom. The summed E-state index contributed by atoms with van der Waals surface area (Å²) in [4.78, 5) is 17.3. The van der Waals surface area contributed by atoms with Gasteiger partial charge in [-0.2, -0.15) is 5.10 Å². The summed E-state index contributed by atoms with van der Waals surface area (Å²) in [7, 11) is 1.88. The van der Waals surface area contributed by atoms with Crippen molar-refractivity contribution >= 4 is 17.6 Å². The molecular weight excluding hydrogens is 369 g/mol. The summed E-state index contributed by atoms with van der Waals surface area (Å²) in [5.74, 6) is -0.316. The second-order valence-electron chi connectivity index (χ2n) is 6.84. The molecule has 1 aromatic heterocycles. The highest BCUT2D eigenvalue weighted by Gasteiger charge is 2.13. The number of aryl methyl sites for hydroxylation is 3. The molecule has 0 fully saturated rings. The number of carbonyl (C=O) groups is 1. The van der Waals surface area contributed by atoms with Crippen molar-refractivity contribution in [3.63, 3.8) is 0 Å². The van der Waals surface area contributed by atoms with Crippen molar-refractivity contribution in [1.82, 2.24) is 15.1 Å². The van der Waals surface area contributed by atoms with Crippen LogP contribution in [0.2, 0.25) is 0 Å². The van der Waals surface area contributed by atoms with Gasteiger partial charge in [-0.1, -0.05) is 18.2 Å². The number of rotatable bonds is 4. The second kappa shape index (κ2) is 8.68. The molecule has 2 N–H and O–H groups in total. The third kappa shape index (κ3) is 4.87. The van der Waals surface area contributed by atoms with Gasteiger partial charge in [-0.25, -0.2) is 9.38 Å². The number of halogens is 1. The molecule has 0 saturated heterocycles. The van der Waals surface area contributed by atoms with Gasteiger partial charge in [0.2, 0.25) is 5.96 Å². The van der Waals surface area contributed by atoms with Crippen molar-refractivity contribution in [3.8, 4) is 0 Å². The first-order chi connectivity index (χ1) is 13.8. The Labute approximate surface area is 169 Å². The number of anilines is 1. The minimum absolute atomic E-state index is 0.268. The van der Waals surface area contributed by atoms with E-state index < -0.39 is 0 Å². The highest BCUT2D eigenvalue weighted by atomic mass is 19.1. The molecule has 1 heterocycles. The zero-order valence-corrected chi connectivity index (χ0v) is 17.0. The standard InChI is InChI=1S/C22H24FN5O/c1-14-7-5-6-8-19(14)21(29)26-22(25-18-11-9-17(23)10-12-18)24-13-20-15(2)27-28(4)16(20)3/h5-12H,13H2,1-4H3,(H2,24,25,26,29). The lowest BCUT2D eigenvalue weighted by atomic mass is 10.1. The first-order valence-electron chi connectivity index (χ1n) is 9.28. The Hall–Kier alpha value is -3.48. The molecular formula is C22H24FN5O. The van der Waals surface area contributed by atoms with Gasteiger partial charge in [-0.3, -0.25) is 14.8 Å². The van der Waals surface area contributed by atoms with E-state index in [-0.39, 0.29) is 17.7 Å². The molecule has 0 unspecified atom stereocenters. The highest BCUT2D eigenvalue weighted by Crippen LogP contribution is 2.14. The van der Waals surface area contributed by atoms with Crippen LogP contribution in [0, 0.1) is 26.6 Å². The van der Waals surface area contributed by atoms with Gasteiger partial charge >= 0.3 is 0 Å². The largest absolute Gasteiger partial charge is 0.326 e. The first-order valence-corrected chi connectivity index (χ1v) is 9.28. The van der Waals surface area contributed by atoms with E-state index in [1.54, 1.807) is 22.9 Å². The number of benzene rings is 2. The number of amides is 1. The molecule has 150 valence electrons. The molecule has 7 heteroatoms. The maximum Gasteiger partial charge on any atom is 0.258 e. The molecule has 3 rings (SSSR count). The van der Waals surface area contributed by atoms with Crippen LogP contribution in [0.3, 0.4) is 0 Å². The van der Waals surface area contributed by atoms with Crippen LogP contribution in [0.1, 0.15) is 32.9 Å². The monoisotopic (exact) mass is 393 g/mol. The molecule has 0 aliphatic rings. The molecule has 2 aromatic carbocycles. The number of hydrogen-bond donors (Lipinski definition) is 2. The fourth-order valence-electron chi connectivity index (χ4n) is 2.99. The Kier molecular flexibility index (Phi) is 6.07. The molecule has 0 aliphatic heterocycles. The molecule has 0 bridgehead atoms. The summed E-state index contributed by atoms with van der Waals surface area (Å²) in [6.07, 6.45) is 0. The van der Waals surface area contributed by atoms with Crippen LogP contribution in [-0.2, 0) is 13.6 Å². The molecule has 0 aliphatic carbocycles. The van der Waals surface area contributed by atoms with Crippen LogP contribution in [0.4, 0.5) is 10.1 Å². The molecule has 29 heavy (non-hydrogen) atoms. The predicted molar refractivity (Wildman–Crippen MR) is 112 cm³/mol. The number of nitrogens with zero attached hydrogens (tertiary/aromatic N) is 3. The van der Waals surface area contributed by atoms with Gasteiger partial charge in [-0.15, -0.1) is 0 Å². The molecule has 0 radical (unpaired) electrons. The van der Waals surface area contributed by atoms with Gasteiger partial charge in [0.25, 0.3) is 5.91 Å². The summed E-state index contributed by atoms with van der Waals surface area (Å²) < 4.78 is 15.0. The number of hydrogen-bond acceptors (Lipinski definition) is 3. The zero-order valence-electron chi connectivity index (χ0n) is 17.0. The van der Waals surface area contributed by atoms with E-state index >= 15 is 0 Å². The van der Waals surface area contributed by atoms with E-state index in [0.717, 1.165) is 22.5 Å². The van der Waals surface area contributed by atoms with Gasteiger partial charge in [0, 0.05) is 29.6 Å². The maximum absolute atomic E-state index is 13.2. The van der Waals surface area contributed by atoms with Crippen molar-refractivity contribution in [2.24, 2.45) is 12.0 Å². The Morgan fingerprint density at radius 2 is 1.79 bits per heavy atom. The topological polar surface area (TPSA) is 71.3 Å². The van der Waals surface area contributed by atoms with Crippen molar-refractivity contribution in [1.29, 1.82) is 0 Å². The Balaban J connectivity index is 1.87. The SMILES string of the molecule is Cc1ccccc1C(=O)NC(=NCc1c(C)nn(C)c1C)Nc1ccc(F)cc1. The summed E-state index contributed by atoms with van der Waals surface area (Å²) >= 11 is 0. The minimum Gasteiger partial charge on any atom is -0.326 e. The van der Waals surface area contributed by atoms with Crippen LogP contribution in [-0.4, -0.2) is 21.6 Å². The summed E-state index contributed by atoms with van der Waals surface area (Å²) in [6.45, 7) is 6.13. The maximum atomic E-state index is 13.2. The Bertz CT molecular complexity index is 1050. The van der Waals surface area contributed by atoms with Crippen LogP contribution < -0.4 is 10.6 Å². The zero-order chi connectivity index (χ0) is 21.0. The molecule has 0 saturated carbocycles. The molecule has 3 aromatic rings. The molecule has 1 amide bonds. The molecule has 0 atom stereocenters. The van der Waals surface area contributed by atoms with Gasteiger partial charge in [0.05, 0.1) is 12.2 Å². The lowest BCUT2D eigenvalue weighted by Crippen LogP contribution is -2.36. The average Bonchev–Trinajstić information content (AvgIpc) is 2.93. The summed E-state index contributed by atoms with van der Waals surface area (Å²) in [5.41, 5.74) is 4.95.